The first kappa shape index (κ1) is 18.7. The molecule has 134 valence electrons. The molecule has 1 heterocycles. The van der Waals surface area contributed by atoms with Gasteiger partial charge in [0.05, 0.1) is 12.1 Å². The highest BCUT2D eigenvalue weighted by atomic mass is 16.2. The van der Waals surface area contributed by atoms with Gasteiger partial charge in [0.1, 0.15) is 0 Å². The topological polar surface area (TPSA) is 86.9 Å². The van der Waals surface area contributed by atoms with E-state index in [1.807, 2.05) is 51.1 Å². The number of nitrogens with zero attached hydrogens (tertiary/aromatic N) is 1. The zero-order valence-electron chi connectivity index (χ0n) is 15.1. The van der Waals surface area contributed by atoms with E-state index in [1.54, 1.807) is 0 Å². The van der Waals surface area contributed by atoms with Crippen LogP contribution in [-0.2, 0) is 22.4 Å². The van der Waals surface area contributed by atoms with Gasteiger partial charge in [-0.15, -0.1) is 0 Å². The van der Waals surface area contributed by atoms with Gasteiger partial charge in [-0.1, -0.05) is 19.1 Å². The number of aryl methyl sites for hydroxylation is 1. The molecule has 3 N–H and O–H groups in total. The molecule has 0 fully saturated rings. The highest BCUT2D eigenvalue weighted by Gasteiger charge is 2.11. The first-order valence-corrected chi connectivity index (χ1v) is 8.65. The van der Waals surface area contributed by atoms with Crippen molar-refractivity contribution in [1.82, 2.24) is 15.5 Å². The maximum absolute atomic E-state index is 12.2. The average molecular weight is 342 g/mol. The molecule has 2 aromatic rings. The fourth-order valence-electron chi connectivity index (χ4n) is 2.61. The standard InChI is InChI=1S/C19H26N4O2/c1-4-5-18(24)21-16-8-6-15(7-9-16)12-19(25)20-13(2)10-17-11-14(3)22-23-17/h6-9,11,13H,4-5,10,12H2,1-3H3,(H,20,25)(H,21,24)(H,22,23)/t13-/m0/s1. The number of H-pyrrole nitrogens is 1. The van der Waals surface area contributed by atoms with Crippen molar-refractivity contribution < 1.29 is 9.59 Å². The van der Waals surface area contributed by atoms with Crippen molar-refractivity contribution in [2.45, 2.75) is 52.5 Å². The normalized spacial score (nSPS) is 11.8. The van der Waals surface area contributed by atoms with Crippen LogP contribution in [0.5, 0.6) is 0 Å². The molecule has 2 rings (SSSR count). The van der Waals surface area contributed by atoms with Gasteiger partial charge >= 0.3 is 0 Å². The van der Waals surface area contributed by atoms with E-state index >= 15 is 0 Å². The lowest BCUT2D eigenvalue weighted by atomic mass is 10.1. The van der Waals surface area contributed by atoms with Crippen molar-refractivity contribution in [3.63, 3.8) is 0 Å². The average Bonchev–Trinajstić information content (AvgIpc) is 2.94. The summed E-state index contributed by atoms with van der Waals surface area (Å²) in [7, 11) is 0. The minimum atomic E-state index is -0.0254. The Bertz CT molecular complexity index is 706. The molecule has 0 saturated heterocycles. The Morgan fingerprint density at radius 2 is 1.92 bits per heavy atom. The SMILES string of the molecule is CCCC(=O)Nc1ccc(CC(=O)N[C@@H](C)Cc2cc(C)[nH]n2)cc1. The van der Waals surface area contributed by atoms with Crippen molar-refractivity contribution in [2.24, 2.45) is 0 Å². The summed E-state index contributed by atoms with van der Waals surface area (Å²) in [6, 6.07) is 9.38. The van der Waals surface area contributed by atoms with Crippen LogP contribution >= 0.6 is 0 Å². The second-order valence-corrected chi connectivity index (χ2v) is 6.39. The minimum Gasteiger partial charge on any atom is -0.353 e. The van der Waals surface area contributed by atoms with Crippen LogP contribution in [0.1, 0.15) is 43.6 Å². The fourth-order valence-corrected chi connectivity index (χ4v) is 2.61. The van der Waals surface area contributed by atoms with Crippen LogP contribution in [0.3, 0.4) is 0 Å². The van der Waals surface area contributed by atoms with Gasteiger partial charge in [0.2, 0.25) is 11.8 Å². The summed E-state index contributed by atoms with van der Waals surface area (Å²) in [5.41, 5.74) is 3.62. The molecule has 0 aliphatic carbocycles. The quantitative estimate of drug-likeness (QED) is 0.689. The Hall–Kier alpha value is -2.63. The summed E-state index contributed by atoms with van der Waals surface area (Å²) in [6.07, 6.45) is 2.34. The van der Waals surface area contributed by atoms with Gasteiger partial charge in [-0.3, -0.25) is 14.7 Å². The van der Waals surface area contributed by atoms with Crippen molar-refractivity contribution in [1.29, 1.82) is 0 Å². The second kappa shape index (κ2) is 9.01. The molecule has 0 saturated carbocycles. The van der Waals surface area contributed by atoms with Crippen molar-refractivity contribution >= 4 is 17.5 Å². The van der Waals surface area contributed by atoms with Crippen LogP contribution < -0.4 is 10.6 Å². The van der Waals surface area contributed by atoms with Crippen LogP contribution in [0, 0.1) is 6.92 Å². The first-order valence-electron chi connectivity index (χ1n) is 8.65. The van der Waals surface area contributed by atoms with Crippen LogP contribution in [0.25, 0.3) is 0 Å². The van der Waals surface area contributed by atoms with E-state index in [9.17, 15) is 9.59 Å². The zero-order valence-corrected chi connectivity index (χ0v) is 15.1. The number of carbonyl (C=O) groups excluding carboxylic acids is 2. The molecule has 0 spiro atoms. The maximum Gasteiger partial charge on any atom is 0.224 e. The summed E-state index contributed by atoms with van der Waals surface area (Å²) < 4.78 is 0. The van der Waals surface area contributed by atoms with Crippen LogP contribution in [-0.4, -0.2) is 28.1 Å². The number of benzene rings is 1. The van der Waals surface area contributed by atoms with Gasteiger partial charge in [-0.25, -0.2) is 0 Å². The molecule has 6 nitrogen and oxygen atoms in total. The lowest BCUT2D eigenvalue weighted by Crippen LogP contribution is -2.35. The van der Waals surface area contributed by atoms with Crippen molar-refractivity contribution in [3.8, 4) is 0 Å². The Balaban J connectivity index is 1.80. The van der Waals surface area contributed by atoms with E-state index in [1.165, 1.54) is 0 Å². The maximum atomic E-state index is 12.2. The summed E-state index contributed by atoms with van der Waals surface area (Å²) in [5.74, 6) is -0.0158. The van der Waals surface area contributed by atoms with E-state index in [0.717, 1.165) is 29.1 Å². The van der Waals surface area contributed by atoms with Crippen LogP contribution in [0.2, 0.25) is 0 Å². The van der Waals surface area contributed by atoms with E-state index in [2.05, 4.69) is 20.8 Å². The van der Waals surface area contributed by atoms with Gasteiger partial charge in [-0.05, 0) is 44.0 Å². The Kier molecular flexibility index (Phi) is 6.74. The molecule has 0 bridgehead atoms. The van der Waals surface area contributed by atoms with Crippen molar-refractivity contribution in [3.05, 3.63) is 47.3 Å². The molecule has 1 aromatic carbocycles. The summed E-state index contributed by atoms with van der Waals surface area (Å²) in [5, 5.41) is 12.9. The number of hydrogen-bond acceptors (Lipinski definition) is 3. The minimum absolute atomic E-state index is 0.00965. The van der Waals surface area contributed by atoms with E-state index in [4.69, 9.17) is 0 Å². The van der Waals surface area contributed by atoms with Gasteiger partial charge in [0.25, 0.3) is 0 Å². The number of amides is 2. The summed E-state index contributed by atoms with van der Waals surface area (Å²) >= 11 is 0. The van der Waals surface area contributed by atoms with E-state index in [0.29, 0.717) is 19.3 Å². The first-order chi connectivity index (χ1) is 12.0. The monoisotopic (exact) mass is 342 g/mol. The molecule has 2 amide bonds. The number of nitrogens with one attached hydrogen (secondary N) is 3. The smallest absolute Gasteiger partial charge is 0.224 e. The molecule has 0 aliphatic heterocycles. The lowest BCUT2D eigenvalue weighted by molar-refractivity contribution is -0.121. The Morgan fingerprint density at radius 1 is 1.20 bits per heavy atom. The molecule has 0 aliphatic rings. The fraction of sp³-hybridized carbons (Fsp3) is 0.421. The number of anilines is 1. The molecule has 0 radical (unpaired) electrons. The molecular formula is C19H26N4O2. The third-order valence-electron chi connectivity index (χ3n) is 3.76. The zero-order chi connectivity index (χ0) is 18.2. The second-order valence-electron chi connectivity index (χ2n) is 6.39. The number of hydrogen-bond donors (Lipinski definition) is 3. The third-order valence-corrected chi connectivity index (χ3v) is 3.76. The number of aromatic nitrogens is 2. The molecule has 1 atom stereocenters. The molecular weight excluding hydrogens is 316 g/mol. The van der Waals surface area contributed by atoms with Crippen molar-refractivity contribution in [2.75, 3.05) is 5.32 Å². The van der Waals surface area contributed by atoms with Gasteiger partial charge in [0, 0.05) is 30.3 Å². The number of rotatable bonds is 8. The predicted molar refractivity (Wildman–Crippen MR) is 98.3 cm³/mol. The van der Waals surface area contributed by atoms with Gasteiger partial charge in [0.15, 0.2) is 0 Å². The highest BCUT2D eigenvalue weighted by Crippen LogP contribution is 2.11. The van der Waals surface area contributed by atoms with Crippen LogP contribution in [0.15, 0.2) is 30.3 Å². The highest BCUT2D eigenvalue weighted by molar-refractivity contribution is 5.90. The van der Waals surface area contributed by atoms with E-state index < -0.39 is 0 Å². The molecule has 0 unspecified atom stereocenters. The Labute approximate surface area is 148 Å². The van der Waals surface area contributed by atoms with E-state index in [-0.39, 0.29) is 17.9 Å². The number of aromatic amines is 1. The largest absolute Gasteiger partial charge is 0.353 e. The summed E-state index contributed by atoms with van der Waals surface area (Å²) in [4.78, 5) is 23.7. The van der Waals surface area contributed by atoms with Gasteiger partial charge < -0.3 is 10.6 Å². The summed E-state index contributed by atoms with van der Waals surface area (Å²) in [6.45, 7) is 5.89. The molecule has 1 aromatic heterocycles. The number of carbonyl (C=O) groups is 2. The Morgan fingerprint density at radius 3 is 2.52 bits per heavy atom. The molecule has 6 heteroatoms. The lowest BCUT2D eigenvalue weighted by Gasteiger charge is -2.13. The predicted octanol–water partition coefficient (Wildman–Crippen LogP) is 2.75. The molecule has 25 heavy (non-hydrogen) atoms. The van der Waals surface area contributed by atoms with Crippen LogP contribution in [0.4, 0.5) is 5.69 Å². The van der Waals surface area contributed by atoms with Gasteiger partial charge in [-0.2, -0.15) is 5.10 Å². The third kappa shape index (κ3) is 6.41.